The van der Waals surface area contributed by atoms with Crippen molar-refractivity contribution in [3.8, 4) is 0 Å². The van der Waals surface area contributed by atoms with E-state index in [2.05, 4.69) is 0 Å². The third-order valence-electron chi connectivity index (χ3n) is 2.05. The molecule has 2 unspecified atom stereocenters. The van der Waals surface area contributed by atoms with Gasteiger partial charge >= 0.3 is 10.2 Å². The van der Waals surface area contributed by atoms with Gasteiger partial charge in [0.05, 0.1) is 6.61 Å². The molecule has 2 atom stereocenters. The molecule has 1 rings (SSSR count). The number of aliphatic hydroxyl groups excluding tert-OH is 3. The Balaban J connectivity index is 3.24. The first kappa shape index (κ1) is 13.0. The molecule has 0 heterocycles. The summed E-state index contributed by atoms with van der Waals surface area (Å²) in [4.78, 5) is -0.713. The Labute approximate surface area is 92.0 Å². The predicted molar refractivity (Wildman–Crippen MR) is 52.8 cm³/mol. The van der Waals surface area contributed by atoms with Crippen LogP contribution in [0.4, 0.5) is 3.89 Å². The third kappa shape index (κ3) is 2.76. The third-order valence-corrected chi connectivity index (χ3v) is 2.95. The Morgan fingerprint density at radius 3 is 2.31 bits per heavy atom. The van der Waals surface area contributed by atoms with Crippen molar-refractivity contribution in [3.63, 3.8) is 0 Å². The topological polar surface area (TPSA) is 94.8 Å². The van der Waals surface area contributed by atoms with Crippen LogP contribution in [0, 0.1) is 0 Å². The van der Waals surface area contributed by atoms with Gasteiger partial charge < -0.3 is 15.3 Å². The zero-order valence-electron chi connectivity index (χ0n) is 8.12. The van der Waals surface area contributed by atoms with E-state index >= 15 is 0 Å². The van der Waals surface area contributed by atoms with E-state index in [1.807, 2.05) is 0 Å². The summed E-state index contributed by atoms with van der Waals surface area (Å²) >= 11 is 0. The van der Waals surface area contributed by atoms with E-state index in [1.54, 1.807) is 0 Å². The first-order valence-electron chi connectivity index (χ1n) is 4.38. The summed E-state index contributed by atoms with van der Waals surface area (Å²) in [5.41, 5.74) is -0.286. The van der Waals surface area contributed by atoms with Gasteiger partial charge in [-0.1, -0.05) is 18.2 Å². The maximum absolute atomic E-state index is 12.8. The summed E-state index contributed by atoms with van der Waals surface area (Å²) in [6.07, 6.45) is -3.23. The molecule has 90 valence electrons. The van der Waals surface area contributed by atoms with Crippen LogP contribution in [0.2, 0.25) is 0 Å². The standard InChI is InChI=1S/C9H11FO5S/c10-16(14,15)8-4-2-1-3-6(8)9(13)7(12)5-11/h1-4,7,9,11-13H,5H2. The fourth-order valence-electron chi connectivity index (χ4n) is 1.25. The van der Waals surface area contributed by atoms with E-state index in [1.165, 1.54) is 12.1 Å². The van der Waals surface area contributed by atoms with Crippen LogP contribution in [0.25, 0.3) is 0 Å². The Bertz CT molecular complexity index is 459. The molecule has 3 N–H and O–H groups in total. The first-order valence-corrected chi connectivity index (χ1v) is 5.77. The van der Waals surface area contributed by atoms with Gasteiger partial charge in [-0.05, 0) is 6.07 Å². The van der Waals surface area contributed by atoms with E-state index in [4.69, 9.17) is 10.2 Å². The van der Waals surface area contributed by atoms with Crippen molar-refractivity contribution < 1.29 is 27.6 Å². The summed E-state index contributed by atoms with van der Waals surface area (Å²) in [5, 5.41) is 27.3. The SMILES string of the molecule is O=S(=O)(F)c1ccccc1C(O)C(O)CO. The van der Waals surface area contributed by atoms with Crippen LogP contribution in [0.1, 0.15) is 11.7 Å². The molecule has 0 aliphatic rings. The molecule has 0 aliphatic carbocycles. The highest BCUT2D eigenvalue weighted by Crippen LogP contribution is 2.25. The average molecular weight is 250 g/mol. The lowest BCUT2D eigenvalue weighted by atomic mass is 10.1. The number of hydrogen-bond donors (Lipinski definition) is 3. The van der Waals surface area contributed by atoms with Gasteiger partial charge in [0.1, 0.15) is 17.1 Å². The fourth-order valence-corrected chi connectivity index (χ4v) is 1.97. The minimum absolute atomic E-state index is 0.286. The van der Waals surface area contributed by atoms with Crippen LogP contribution in [-0.2, 0) is 10.2 Å². The summed E-state index contributed by atoms with van der Waals surface area (Å²) in [6.45, 7) is -0.762. The molecule has 0 aromatic heterocycles. The lowest BCUT2D eigenvalue weighted by Gasteiger charge is -2.17. The highest BCUT2D eigenvalue weighted by Gasteiger charge is 2.25. The van der Waals surface area contributed by atoms with Crippen LogP contribution < -0.4 is 0 Å². The molecule has 1 aromatic carbocycles. The van der Waals surface area contributed by atoms with Crippen LogP contribution in [0.3, 0.4) is 0 Å². The van der Waals surface area contributed by atoms with Crippen molar-refractivity contribution >= 4 is 10.2 Å². The monoisotopic (exact) mass is 250 g/mol. The van der Waals surface area contributed by atoms with E-state index < -0.39 is 33.9 Å². The smallest absolute Gasteiger partial charge is 0.332 e. The van der Waals surface area contributed by atoms with Crippen molar-refractivity contribution in [2.24, 2.45) is 0 Å². The van der Waals surface area contributed by atoms with Gasteiger partial charge in [-0.15, -0.1) is 3.89 Å². The number of rotatable bonds is 4. The molecule has 0 saturated carbocycles. The van der Waals surface area contributed by atoms with Crippen molar-refractivity contribution in [3.05, 3.63) is 29.8 Å². The fraction of sp³-hybridized carbons (Fsp3) is 0.333. The second-order valence-corrected chi connectivity index (χ2v) is 4.49. The summed E-state index contributed by atoms with van der Waals surface area (Å²) < 4.78 is 34.3. The van der Waals surface area contributed by atoms with E-state index in [-0.39, 0.29) is 5.56 Å². The first-order chi connectivity index (χ1) is 7.38. The largest absolute Gasteiger partial charge is 0.394 e. The van der Waals surface area contributed by atoms with Gasteiger partial charge in [-0.25, -0.2) is 0 Å². The second-order valence-electron chi connectivity index (χ2n) is 3.17. The molecule has 0 radical (unpaired) electrons. The van der Waals surface area contributed by atoms with Crippen LogP contribution in [0.5, 0.6) is 0 Å². The van der Waals surface area contributed by atoms with Gasteiger partial charge in [0.25, 0.3) is 0 Å². The Hall–Kier alpha value is -1.02. The summed E-state index contributed by atoms with van der Waals surface area (Å²) in [6, 6.07) is 4.80. The summed E-state index contributed by atoms with van der Waals surface area (Å²) in [7, 11) is -4.97. The van der Waals surface area contributed by atoms with Gasteiger partial charge in [0, 0.05) is 5.56 Å². The number of halogens is 1. The van der Waals surface area contributed by atoms with Crippen LogP contribution in [-0.4, -0.2) is 36.4 Å². The molecule has 0 bridgehead atoms. The molecule has 0 aliphatic heterocycles. The quantitative estimate of drug-likeness (QED) is 0.639. The van der Waals surface area contributed by atoms with E-state index in [0.29, 0.717) is 0 Å². The minimum atomic E-state index is -4.97. The maximum Gasteiger partial charge on any atom is 0.332 e. The van der Waals surface area contributed by atoms with Crippen molar-refractivity contribution in [1.82, 2.24) is 0 Å². The predicted octanol–water partition coefficient (Wildman–Crippen LogP) is -0.269. The van der Waals surface area contributed by atoms with Crippen LogP contribution >= 0.6 is 0 Å². The molecule has 0 saturated heterocycles. The van der Waals surface area contributed by atoms with Crippen molar-refractivity contribution in [2.45, 2.75) is 17.1 Å². The van der Waals surface area contributed by atoms with Gasteiger partial charge in [0.15, 0.2) is 0 Å². The van der Waals surface area contributed by atoms with Gasteiger partial charge in [-0.3, -0.25) is 0 Å². The number of benzene rings is 1. The van der Waals surface area contributed by atoms with Crippen molar-refractivity contribution in [1.29, 1.82) is 0 Å². The lowest BCUT2D eigenvalue weighted by Crippen LogP contribution is -2.23. The van der Waals surface area contributed by atoms with Gasteiger partial charge in [0.2, 0.25) is 0 Å². The average Bonchev–Trinajstić information content (AvgIpc) is 2.26. The molecule has 16 heavy (non-hydrogen) atoms. The second kappa shape index (κ2) is 4.88. The Morgan fingerprint density at radius 1 is 1.25 bits per heavy atom. The molecule has 0 spiro atoms. The zero-order valence-corrected chi connectivity index (χ0v) is 8.93. The molecule has 7 heteroatoms. The van der Waals surface area contributed by atoms with E-state index in [0.717, 1.165) is 12.1 Å². The minimum Gasteiger partial charge on any atom is -0.394 e. The lowest BCUT2D eigenvalue weighted by molar-refractivity contribution is -0.0165. The maximum atomic E-state index is 12.8. The normalized spacial score (nSPS) is 15.8. The highest BCUT2D eigenvalue weighted by atomic mass is 32.3. The molecule has 1 aromatic rings. The Morgan fingerprint density at radius 2 is 1.81 bits per heavy atom. The van der Waals surface area contributed by atoms with E-state index in [9.17, 15) is 17.4 Å². The number of hydrogen-bond acceptors (Lipinski definition) is 5. The molecular weight excluding hydrogens is 239 g/mol. The van der Waals surface area contributed by atoms with Crippen LogP contribution in [0.15, 0.2) is 29.2 Å². The Kier molecular flexibility index (Phi) is 3.98. The number of aliphatic hydroxyl groups is 3. The highest BCUT2D eigenvalue weighted by molar-refractivity contribution is 7.86. The zero-order chi connectivity index (χ0) is 12.3. The molecule has 0 fully saturated rings. The molecule has 5 nitrogen and oxygen atoms in total. The molecular formula is C9H11FO5S. The summed E-state index contributed by atoms with van der Waals surface area (Å²) in [5.74, 6) is 0. The van der Waals surface area contributed by atoms with Crippen molar-refractivity contribution in [2.75, 3.05) is 6.61 Å². The molecule has 0 amide bonds. The van der Waals surface area contributed by atoms with Gasteiger partial charge in [-0.2, -0.15) is 8.42 Å².